The van der Waals surface area contributed by atoms with Crippen molar-refractivity contribution in [3.63, 3.8) is 0 Å². The van der Waals surface area contributed by atoms with Crippen LogP contribution in [0.4, 0.5) is 5.00 Å². The zero-order valence-electron chi connectivity index (χ0n) is 14.2. The van der Waals surface area contributed by atoms with Crippen LogP contribution < -0.4 is 5.32 Å². The first-order valence-electron chi connectivity index (χ1n) is 8.48. The predicted octanol–water partition coefficient (Wildman–Crippen LogP) is 2.95. The number of hydrogen-bond donors (Lipinski definition) is 2. The van der Waals surface area contributed by atoms with E-state index in [0.29, 0.717) is 17.0 Å². The van der Waals surface area contributed by atoms with Crippen molar-refractivity contribution in [2.75, 3.05) is 11.9 Å². The van der Waals surface area contributed by atoms with E-state index in [2.05, 4.69) is 5.32 Å². The van der Waals surface area contributed by atoms with Crippen molar-refractivity contribution in [3.05, 3.63) is 28.7 Å². The molecular formula is C18H21NO5S. The van der Waals surface area contributed by atoms with Crippen molar-refractivity contribution >= 4 is 34.2 Å². The lowest BCUT2D eigenvalue weighted by atomic mass is 9.82. The molecule has 0 saturated heterocycles. The Labute approximate surface area is 149 Å². The number of carbonyl (C=O) groups excluding carboxylic acids is 2. The summed E-state index contributed by atoms with van der Waals surface area (Å²) in [5.74, 6) is -3.19. The first kappa shape index (κ1) is 17.7. The van der Waals surface area contributed by atoms with E-state index < -0.39 is 23.8 Å². The number of amides is 1. The van der Waals surface area contributed by atoms with E-state index in [1.807, 2.05) is 19.1 Å². The Morgan fingerprint density at radius 2 is 1.92 bits per heavy atom. The van der Waals surface area contributed by atoms with Crippen LogP contribution in [0.2, 0.25) is 0 Å². The zero-order valence-corrected chi connectivity index (χ0v) is 15.0. The van der Waals surface area contributed by atoms with Crippen LogP contribution in [0.15, 0.2) is 18.2 Å². The minimum absolute atomic E-state index is 0.0530. The van der Waals surface area contributed by atoms with Crippen LogP contribution in [-0.4, -0.2) is 29.6 Å². The first-order valence-corrected chi connectivity index (χ1v) is 9.29. The third kappa shape index (κ3) is 3.20. The number of carboxylic acids is 1. The normalized spacial score (nSPS) is 26.6. The van der Waals surface area contributed by atoms with Crippen molar-refractivity contribution in [1.82, 2.24) is 0 Å². The van der Waals surface area contributed by atoms with E-state index in [1.54, 1.807) is 13.0 Å². The smallest absolute Gasteiger partial charge is 0.341 e. The van der Waals surface area contributed by atoms with E-state index in [0.717, 1.165) is 11.3 Å². The number of allylic oxidation sites excluding steroid dienone is 2. The van der Waals surface area contributed by atoms with Crippen LogP contribution in [0.3, 0.4) is 0 Å². The second-order valence-corrected chi connectivity index (χ2v) is 7.49. The summed E-state index contributed by atoms with van der Waals surface area (Å²) in [6, 6.07) is 1.73. The molecule has 1 fully saturated rings. The SMILES string of the molecule is CCOC(=O)c1cc(CC)sc1NC(=O)[C@H]1[C@@H](C(=O)O)[C@H]2C=C[C@H]1C2. The molecule has 1 saturated carbocycles. The van der Waals surface area contributed by atoms with E-state index in [9.17, 15) is 19.5 Å². The van der Waals surface area contributed by atoms with Gasteiger partial charge in [0.1, 0.15) is 5.00 Å². The Bertz CT molecular complexity index is 738. The van der Waals surface area contributed by atoms with Gasteiger partial charge in [-0.1, -0.05) is 19.1 Å². The zero-order chi connectivity index (χ0) is 18.1. The van der Waals surface area contributed by atoms with Gasteiger partial charge in [-0.25, -0.2) is 4.79 Å². The fourth-order valence-electron chi connectivity index (χ4n) is 3.78. The molecule has 1 heterocycles. The van der Waals surface area contributed by atoms with Crippen LogP contribution >= 0.6 is 11.3 Å². The molecule has 0 aromatic carbocycles. The summed E-state index contributed by atoms with van der Waals surface area (Å²) in [6.07, 6.45) is 5.27. The van der Waals surface area contributed by atoms with Gasteiger partial charge in [0.2, 0.25) is 5.91 Å². The molecule has 6 nitrogen and oxygen atoms in total. The molecule has 2 aliphatic rings. The largest absolute Gasteiger partial charge is 0.481 e. The minimum atomic E-state index is -0.942. The molecule has 1 aromatic heterocycles. The molecule has 2 N–H and O–H groups in total. The lowest BCUT2D eigenvalue weighted by molar-refractivity contribution is -0.146. The summed E-state index contributed by atoms with van der Waals surface area (Å²) in [5, 5.41) is 12.7. The van der Waals surface area contributed by atoms with Crippen LogP contribution in [0.5, 0.6) is 0 Å². The Morgan fingerprint density at radius 3 is 2.52 bits per heavy atom. The van der Waals surface area contributed by atoms with Gasteiger partial charge in [-0.3, -0.25) is 9.59 Å². The predicted molar refractivity (Wildman–Crippen MR) is 93.6 cm³/mol. The summed E-state index contributed by atoms with van der Waals surface area (Å²) in [4.78, 5) is 37.5. The van der Waals surface area contributed by atoms with Crippen molar-refractivity contribution < 1.29 is 24.2 Å². The number of nitrogens with one attached hydrogen (secondary N) is 1. The lowest BCUT2D eigenvalue weighted by Crippen LogP contribution is -2.36. The molecule has 1 amide bonds. The highest BCUT2D eigenvalue weighted by atomic mass is 32.1. The summed E-state index contributed by atoms with van der Waals surface area (Å²) < 4.78 is 5.05. The van der Waals surface area contributed by atoms with Crippen LogP contribution in [-0.2, 0) is 20.7 Å². The Morgan fingerprint density at radius 1 is 1.24 bits per heavy atom. The number of fused-ring (bicyclic) bond motifs is 2. The topological polar surface area (TPSA) is 92.7 Å². The average Bonchev–Trinajstić information content (AvgIpc) is 3.28. The molecule has 2 aliphatic carbocycles. The summed E-state index contributed by atoms with van der Waals surface area (Å²) in [7, 11) is 0. The van der Waals surface area contributed by atoms with Gasteiger partial charge in [0.25, 0.3) is 0 Å². The standard InChI is InChI=1S/C18H21NO5S/c1-3-11-8-12(18(23)24-4-2)16(25-11)19-15(20)13-9-5-6-10(7-9)14(13)17(21)22/h5-6,8-10,13-14H,3-4,7H2,1-2H3,(H,19,20)(H,21,22)/t9-,10-,13+,14-/m0/s1. The molecule has 3 rings (SSSR count). The number of anilines is 1. The molecule has 0 radical (unpaired) electrons. The van der Waals surface area contributed by atoms with E-state index >= 15 is 0 Å². The number of esters is 1. The van der Waals surface area contributed by atoms with Crippen molar-refractivity contribution in [3.8, 4) is 0 Å². The monoisotopic (exact) mass is 363 g/mol. The van der Waals surface area contributed by atoms with Crippen LogP contribution in [0, 0.1) is 23.7 Å². The van der Waals surface area contributed by atoms with Gasteiger partial charge >= 0.3 is 11.9 Å². The molecule has 1 aromatic rings. The second kappa shape index (κ2) is 7.00. The maximum Gasteiger partial charge on any atom is 0.341 e. The Hall–Kier alpha value is -2.15. The summed E-state index contributed by atoms with van der Waals surface area (Å²) >= 11 is 1.33. The average molecular weight is 363 g/mol. The fourth-order valence-corrected chi connectivity index (χ4v) is 4.77. The number of rotatable bonds is 6. The molecule has 25 heavy (non-hydrogen) atoms. The number of aryl methyl sites for hydroxylation is 1. The molecule has 134 valence electrons. The number of aliphatic carboxylic acids is 1. The number of hydrogen-bond acceptors (Lipinski definition) is 5. The van der Waals surface area contributed by atoms with Crippen LogP contribution in [0.1, 0.15) is 35.5 Å². The van der Waals surface area contributed by atoms with E-state index in [1.165, 1.54) is 11.3 Å². The van der Waals surface area contributed by atoms with Gasteiger partial charge in [-0.15, -0.1) is 11.3 Å². The highest BCUT2D eigenvalue weighted by Gasteiger charge is 2.51. The highest BCUT2D eigenvalue weighted by molar-refractivity contribution is 7.16. The quantitative estimate of drug-likeness (QED) is 0.599. The molecule has 7 heteroatoms. The van der Waals surface area contributed by atoms with E-state index in [-0.39, 0.29) is 24.3 Å². The fraction of sp³-hybridized carbons (Fsp3) is 0.500. The molecular weight excluding hydrogens is 342 g/mol. The number of thiophene rings is 1. The van der Waals surface area contributed by atoms with Crippen molar-refractivity contribution in [2.24, 2.45) is 23.7 Å². The second-order valence-electron chi connectivity index (χ2n) is 6.36. The third-order valence-corrected chi connectivity index (χ3v) is 6.11. The molecule has 0 aliphatic heterocycles. The van der Waals surface area contributed by atoms with Gasteiger partial charge in [-0.2, -0.15) is 0 Å². The Balaban J connectivity index is 1.83. The minimum Gasteiger partial charge on any atom is -0.481 e. The number of carbonyl (C=O) groups is 3. The van der Waals surface area contributed by atoms with Gasteiger partial charge < -0.3 is 15.2 Å². The highest BCUT2D eigenvalue weighted by Crippen LogP contribution is 2.48. The summed E-state index contributed by atoms with van der Waals surface area (Å²) in [6.45, 7) is 3.94. The van der Waals surface area contributed by atoms with Crippen molar-refractivity contribution in [1.29, 1.82) is 0 Å². The molecule has 0 unspecified atom stereocenters. The number of carboxylic acid groups (broad SMARTS) is 1. The van der Waals surface area contributed by atoms with Gasteiger partial charge in [0.15, 0.2) is 0 Å². The van der Waals surface area contributed by atoms with Gasteiger partial charge in [0, 0.05) is 4.88 Å². The summed E-state index contributed by atoms with van der Waals surface area (Å²) in [5.41, 5.74) is 0.336. The van der Waals surface area contributed by atoms with Crippen LogP contribution in [0.25, 0.3) is 0 Å². The van der Waals surface area contributed by atoms with Gasteiger partial charge in [-0.05, 0) is 37.7 Å². The third-order valence-electron chi connectivity index (χ3n) is 4.91. The molecule has 0 spiro atoms. The lowest BCUT2D eigenvalue weighted by Gasteiger charge is -2.23. The molecule has 4 atom stereocenters. The molecule has 2 bridgehead atoms. The Kier molecular flexibility index (Phi) is 4.94. The van der Waals surface area contributed by atoms with E-state index in [4.69, 9.17) is 4.74 Å². The van der Waals surface area contributed by atoms with Gasteiger partial charge in [0.05, 0.1) is 24.0 Å². The van der Waals surface area contributed by atoms with Crippen molar-refractivity contribution in [2.45, 2.75) is 26.7 Å². The number of ether oxygens (including phenoxy) is 1. The first-order chi connectivity index (χ1) is 12.0. The maximum atomic E-state index is 12.8. The maximum absolute atomic E-state index is 12.8.